The number of nitriles is 1. The van der Waals surface area contributed by atoms with Gasteiger partial charge in [-0.15, -0.1) is 4.57 Å². The first-order chi connectivity index (χ1) is 4.88. The van der Waals surface area contributed by atoms with Gasteiger partial charge in [-0.2, -0.15) is 11.1 Å². The van der Waals surface area contributed by atoms with Crippen LogP contribution >= 0.6 is 11.3 Å². The summed E-state index contributed by atoms with van der Waals surface area (Å²) in [5, 5.41) is 18.5. The van der Waals surface area contributed by atoms with Gasteiger partial charge in [0.2, 0.25) is 5.51 Å². The predicted octanol–water partition coefficient (Wildman–Crippen LogP) is 0.639. The van der Waals surface area contributed by atoms with Crippen LogP contribution < -0.4 is 4.57 Å². The quantitative estimate of drug-likeness (QED) is 0.328. The van der Waals surface area contributed by atoms with E-state index in [1.165, 1.54) is 15.9 Å². The molecule has 0 atom stereocenters. The van der Waals surface area contributed by atoms with E-state index >= 15 is 0 Å². The van der Waals surface area contributed by atoms with E-state index in [1.807, 2.05) is 0 Å². The second kappa shape index (κ2) is 2.92. The van der Waals surface area contributed by atoms with E-state index in [0.29, 0.717) is 0 Å². The van der Waals surface area contributed by atoms with Crippen LogP contribution in [0.3, 0.4) is 0 Å². The van der Waals surface area contributed by atoms with Gasteiger partial charge in [0.1, 0.15) is 0 Å². The lowest BCUT2D eigenvalue weighted by molar-refractivity contribution is -0.570. The molecule has 1 aromatic heterocycles. The number of hydrogen-bond acceptors (Lipinski definition) is 2. The number of thiazole rings is 1. The normalized spacial score (nSPS) is 7.90. The van der Waals surface area contributed by atoms with E-state index in [0.717, 1.165) is 0 Å². The van der Waals surface area contributed by atoms with Crippen molar-refractivity contribution in [3.05, 3.63) is 22.5 Å². The minimum Gasteiger partial charge on any atom is -0.757 e. The molecule has 1 aromatic rings. The van der Waals surface area contributed by atoms with Gasteiger partial charge in [-0.25, -0.2) is 0 Å². The molecule has 48 valence electrons. The second-order valence-electron chi connectivity index (χ2n) is 1.51. The molecule has 0 spiro atoms. The summed E-state index contributed by atoms with van der Waals surface area (Å²) in [4.78, 5) is 0. The van der Waals surface area contributed by atoms with Crippen LogP contribution in [0.5, 0.6) is 0 Å². The highest BCUT2D eigenvalue weighted by Gasteiger charge is 2.04. The molecular weight excluding hydrogens is 146 g/mol. The third-order valence-electron chi connectivity index (χ3n) is 0.944. The highest BCUT2D eigenvalue weighted by Crippen LogP contribution is 1.91. The van der Waals surface area contributed by atoms with Crippen molar-refractivity contribution in [2.24, 2.45) is 0 Å². The fraction of sp³-hybridized carbons (Fsp3) is 0. The first-order valence-corrected chi connectivity index (χ1v) is 3.43. The second-order valence-corrected chi connectivity index (χ2v) is 2.26. The SMILES string of the molecule is N#CC(=C=[N-])[n+]1ccsc1. The van der Waals surface area contributed by atoms with E-state index in [-0.39, 0.29) is 5.70 Å². The van der Waals surface area contributed by atoms with E-state index in [2.05, 4.69) is 0 Å². The lowest BCUT2D eigenvalue weighted by Crippen LogP contribution is -2.27. The van der Waals surface area contributed by atoms with Crippen molar-refractivity contribution < 1.29 is 4.57 Å². The molecular formula is C6H3N3S. The highest BCUT2D eigenvalue weighted by atomic mass is 32.1. The molecule has 0 radical (unpaired) electrons. The standard InChI is InChI=1S/C6H3N3S/c7-3-6(4-8)9-1-2-10-5-9/h1-2,5H. The Kier molecular flexibility index (Phi) is 1.96. The van der Waals surface area contributed by atoms with Gasteiger partial charge in [0.25, 0.3) is 0 Å². The summed E-state index contributed by atoms with van der Waals surface area (Å²) in [7, 11) is 0. The predicted molar refractivity (Wildman–Crippen MR) is 38.2 cm³/mol. The minimum atomic E-state index is 0.0984. The van der Waals surface area contributed by atoms with E-state index in [9.17, 15) is 0 Å². The molecule has 10 heavy (non-hydrogen) atoms. The summed E-state index contributed by atoms with van der Waals surface area (Å²) in [6.45, 7) is 0. The van der Waals surface area contributed by atoms with Crippen molar-refractivity contribution in [1.82, 2.24) is 0 Å². The van der Waals surface area contributed by atoms with E-state index < -0.39 is 0 Å². The summed E-state index contributed by atoms with van der Waals surface area (Å²) in [5.41, 5.74) is 1.79. The van der Waals surface area contributed by atoms with Crippen molar-refractivity contribution >= 4 is 22.9 Å². The summed E-state index contributed by atoms with van der Waals surface area (Å²) in [6, 6.07) is 1.78. The van der Waals surface area contributed by atoms with Gasteiger partial charge in [0.05, 0.1) is 5.38 Å². The summed E-state index contributed by atoms with van der Waals surface area (Å²) in [5.74, 6) is 1.78. The van der Waals surface area contributed by atoms with Crippen molar-refractivity contribution in [3.63, 3.8) is 0 Å². The Morgan fingerprint density at radius 3 is 2.90 bits per heavy atom. The monoisotopic (exact) mass is 149 g/mol. The number of aromatic nitrogens is 1. The van der Waals surface area contributed by atoms with Crippen molar-refractivity contribution in [2.45, 2.75) is 0 Å². The van der Waals surface area contributed by atoms with Gasteiger partial charge in [-0.05, 0) is 0 Å². The Bertz CT molecular complexity index is 300. The molecule has 0 saturated heterocycles. The Hall–Kier alpha value is -1.43. The fourth-order valence-corrected chi connectivity index (χ4v) is 1.08. The maximum atomic E-state index is 8.37. The number of nitrogens with zero attached hydrogens (tertiary/aromatic N) is 3. The van der Waals surface area contributed by atoms with Crippen LogP contribution in [0.4, 0.5) is 0 Å². The average Bonchev–Trinajstić information content (AvgIpc) is 2.43. The Morgan fingerprint density at radius 2 is 2.50 bits per heavy atom. The maximum absolute atomic E-state index is 8.37. The van der Waals surface area contributed by atoms with Crippen LogP contribution in [0.2, 0.25) is 0 Å². The molecule has 0 saturated carbocycles. The molecule has 0 fully saturated rings. The number of hydrogen-bond donors (Lipinski definition) is 0. The molecule has 1 rings (SSSR count). The molecule has 0 N–H and O–H groups in total. The van der Waals surface area contributed by atoms with Gasteiger partial charge in [0, 0.05) is 0 Å². The summed E-state index contributed by atoms with van der Waals surface area (Å²) >= 11 is 1.44. The van der Waals surface area contributed by atoms with Crippen molar-refractivity contribution in [2.75, 3.05) is 0 Å². The minimum absolute atomic E-state index is 0.0984. The molecule has 0 amide bonds. The summed E-state index contributed by atoms with van der Waals surface area (Å²) < 4.78 is 1.49. The van der Waals surface area contributed by atoms with E-state index in [4.69, 9.17) is 10.7 Å². The van der Waals surface area contributed by atoms with Crippen LogP contribution in [0.15, 0.2) is 17.1 Å². The van der Waals surface area contributed by atoms with Crippen LogP contribution in [-0.4, -0.2) is 5.87 Å². The lowest BCUT2D eigenvalue weighted by Gasteiger charge is -1.80. The van der Waals surface area contributed by atoms with Gasteiger partial charge in [0.15, 0.2) is 12.3 Å². The lowest BCUT2D eigenvalue weighted by atomic mass is 10.5. The molecule has 0 aliphatic heterocycles. The third-order valence-corrected chi connectivity index (χ3v) is 1.57. The molecule has 3 nitrogen and oxygen atoms in total. The van der Waals surface area contributed by atoms with Crippen LogP contribution in [0.25, 0.3) is 11.1 Å². The topological polar surface area (TPSA) is 50.0 Å². The average molecular weight is 149 g/mol. The Morgan fingerprint density at radius 1 is 1.70 bits per heavy atom. The van der Waals surface area contributed by atoms with Gasteiger partial charge < -0.3 is 5.41 Å². The largest absolute Gasteiger partial charge is 0.757 e. The van der Waals surface area contributed by atoms with E-state index in [1.54, 1.807) is 29.0 Å². The zero-order valence-electron chi connectivity index (χ0n) is 4.98. The van der Waals surface area contributed by atoms with Gasteiger partial charge in [-0.3, -0.25) is 0 Å². The molecule has 1 heterocycles. The van der Waals surface area contributed by atoms with Crippen molar-refractivity contribution in [3.8, 4) is 6.07 Å². The molecule has 0 aromatic carbocycles. The van der Waals surface area contributed by atoms with Gasteiger partial charge in [-0.1, -0.05) is 11.3 Å². The number of rotatable bonds is 1. The first-order valence-electron chi connectivity index (χ1n) is 2.49. The molecule has 0 aliphatic rings. The van der Waals surface area contributed by atoms with Crippen LogP contribution in [0, 0.1) is 11.3 Å². The van der Waals surface area contributed by atoms with Crippen molar-refractivity contribution in [1.29, 1.82) is 5.26 Å². The van der Waals surface area contributed by atoms with Gasteiger partial charge >= 0.3 is 5.70 Å². The first kappa shape index (κ1) is 6.69. The highest BCUT2D eigenvalue weighted by molar-refractivity contribution is 7.07. The molecule has 0 aliphatic carbocycles. The third kappa shape index (κ3) is 1.11. The zero-order valence-corrected chi connectivity index (χ0v) is 5.80. The maximum Gasteiger partial charge on any atom is 0.310 e. The Labute approximate surface area is 62.0 Å². The molecule has 0 unspecified atom stereocenters. The summed E-state index contributed by atoms with van der Waals surface area (Å²) in [6.07, 6.45) is 1.67. The smallest absolute Gasteiger partial charge is 0.310 e. The zero-order chi connectivity index (χ0) is 7.40. The molecule has 0 bridgehead atoms. The molecule has 4 heteroatoms. The fourth-order valence-electron chi connectivity index (χ4n) is 0.504. The number of allylic oxidation sites excluding steroid dienone is 1. The van der Waals surface area contributed by atoms with Crippen LogP contribution in [0.1, 0.15) is 0 Å². The Balaban J connectivity index is 3.11. The van der Waals surface area contributed by atoms with Crippen LogP contribution in [-0.2, 0) is 0 Å².